The van der Waals surface area contributed by atoms with Crippen LogP contribution < -0.4 is 22.5 Å². The van der Waals surface area contributed by atoms with Gasteiger partial charge in [0.05, 0.1) is 17.3 Å². The van der Waals surface area contributed by atoms with E-state index in [1.807, 2.05) is 41.8 Å². The number of halogens is 1. The maximum absolute atomic E-state index is 6.24. The first-order valence-electron chi connectivity index (χ1n) is 10.0. The van der Waals surface area contributed by atoms with Gasteiger partial charge in [-0.05, 0) is 24.1 Å². The standard InChI is InChI=1S/C22H25ClN8/c1-13(24)11-27-22-29-20(26)19-21(30-22)31(12-14-6-3-2-4-7-14)17(28-19)10-15-8-5-9-16(23)18(15)25/h2-9,13H,10-12,24-25H2,1H3,(H3,26,27,29,30). The van der Waals surface area contributed by atoms with E-state index in [0.717, 1.165) is 17.0 Å². The molecule has 0 aliphatic rings. The number of nitrogens with zero attached hydrogens (tertiary/aromatic N) is 4. The third-order valence-electron chi connectivity index (χ3n) is 4.96. The number of hydrogen-bond acceptors (Lipinski definition) is 7. The summed E-state index contributed by atoms with van der Waals surface area (Å²) in [6.45, 7) is 3.02. The number of para-hydroxylation sites is 1. The average molecular weight is 437 g/mol. The predicted octanol–water partition coefficient (Wildman–Crippen LogP) is 3.04. The van der Waals surface area contributed by atoms with E-state index in [0.29, 0.717) is 53.2 Å². The Balaban J connectivity index is 1.82. The van der Waals surface area contributed by atoms with Crippen LogP contribution in [0.15, 0.2) is 48.5 Å². The number of nitrogen functional groups attached to an aromatic ring is 2. The van der Waals surface area contributed by atoms with Crippen LogP contribution in [0.4, 0.5) is 17.5 Å². The maximum atomic E-state index is 6.24. The van der Waals surface area contributed by atoms with Crippen molar-refractivity contribution in [3.8, 4) is 0 Å². The fraction of sp³-hybridized carbons (Fsp3) is 0.227. The number of anilines is 3. The Bertz CT molecular complexity index is 1200. The van der Waals surface area contributed by atoms with Crippen LogP contribution in [0.1, 0.15) is 23.9 Å². The topological polar surface area (TPSA) is 134 Å². The van der Waals surface area contributed by atoms with Crippen molar-refractivity contribution in [1.82, 2.24) is 19.5 Å². The van der Waals surface area contributed by atoms with Crippen molar-refractivity contribution in [2.24, 2.45) is 5.73 Å². The Labute approximate surface area is 185 Å². The lowest BCUT2D eigenvalue weighted by atomic mass is 10.1. The van der Waals surface area contributed by atoms with Crippen LogP contribution in [0.2, 0.25) is 5.02 Å². The molecule has 0 saturated carbocycles. The second-order valence-electron chi connectivity index (χ2n) is 7.55. The largest absolute Gasteiger partial charge is 0.397 e. The zero-order chi connectivity index (χ0) is 22.0. The Morgan fingerprint density at radius 2 is 1.81 bits per heavy atom. The number of rotatable bonds is 7. The SMILES string of the molecule is CC(N)CNc1nc(N)c2nc(Cc3cccc(Cl)c3N)n(Cc3ccccc3)c2n1. The Kier molecular flexibility index (Phi) is 5.92. The molecule has 2 aromatic carbocycles. The van der Waals surface area contributed by atoms with Crippen LogP contribution in [0.25, 0.3) is 11.2 Å². The lowest BCUT2D eigenvalue weighted by molar-refractivity contribution is 0.752. The summed E-state index contributed by atoms with van der Waals surface area (Å²) in [5, 5.41) is 3.66. The summed E-state index contributed by atoms with van der Waals surface area (Å²) < 4.78 is 2.04. The molecule has 0 amide bonds. The second kappa shape index (κ2) is 8.79. The summed E-state index contributed by atoms with van der Waals surface area (Å²) in [6, 6.07) is 15.7. The summed E-state index contributed by atoms with van der Waals surface area (Å²) in [6.07, 6.45) is 0.484. The molecule has 1 unspecified atom stereocenters. The lowest BCUT2D eigenvalue weighted by Gasteiger charge is -2.12. The number of nitrogens with one attached hydrogen (secondary N) is 1. The van der Waals surface area contributed by atoms with E-state index in [1.165, 1.54) is 0 Å². The zero-order valence-electron chi connectivity index (χ0n) is 17.2. The van der Waals surface area contributed by atoms with Gasteiger partial charge >= 0.3 is 0 Å². The van der Waals surface area contributed by atoms with E-state index >= 15 is 0 Å². The Morgan fingerprint density at radius 1 is 1.03 bits per heavy atom. The van der Waals surface area contributed by atoms with Gasteiger partial charge in [0.25, 0.3) is 0 Å². The highest BCUT2D eigenvalue weighted by Crippen LogP contribution is 2.27. The molecule has 0 saturated heterocycles. The van der Waals surface area contributed by atoms with Crippen LogP contribution in [-0.2, 0) is 13.0 Å². The smallest absolute Gasteiger partial charge is 0.226 e. The molecule has 4 rings (SSSR count). The first-order chi connectivity index (χ1) is 14.9. The first kappa shape index (κ1) is 20.9. The van der Waals surface area contributed by atoms with E-state index in [-0.39, 0.29) is 6.04 Å². The van der Waals surface area contributed by atoms with Gasteiger partial charge in [0.2, 0.25) is 5.95 Å². The quantitative estimate of drug-likeness (QED) is 0.327. The van der Waals surface area contributed by atoms with Gasteiger partial charge in [0.15, 0.2) is 17.0 Å². The van der Waals surface area contributed by atoms with Crippen LogP contribution in [-0.4, -0.2) is 32.1 Å². The molecule has 0 aliphatic heterocycles. The third kappa shape index (κ3) is 4.55. The second-order valence-corrected chi connectivity index (χ2v) is 7.96. The van der Waals surface area contributed by atoms with Gasteiger partial charge in [-0.15, -0.1) is 0 Å². The van der Waals surface area contributed by atoms with Gasteiger partial charge < -0.3 is 27.1 Å². The van der Waals surface area contributed by atoms with Gasteiger partial charge in [-0.25, -0.2) is 4.98 Å². The summed E-state index contributed by atoms with van der Waals surface area (Å²) in [5.74, 6) is 1.51. The molecule has 7 N–H and O–H groups in total. The molecule has 0 bridgehead atoms. The molecule has 9 heteroatoms. The van der Waals surface area contributed by atoms with Gasteiger partial charge in [0, 0.05) is 19.0 Å². The summed E-state index contributed by atoms with van der Waals surface area (Å²) in [5.41, 5.74) is 22.0. The van der Waals surface area contributed by atoms with Crippen LogP contribution in [0.5, 0.6) is 0 Å². The van der Waals surface area contributed by atoms with Crippen LogP contribution >= 0.6 is 11.6 Å². The minimum absolute atomic E-state index is 0.0453. The van der Waals surface area contributed by atoms with Crippen molar-refractivity contribution in [3.63, 3.8) is 0 Å². The predicted molar refractivity (Wildman–Crippen MR) is 126 cm³/mol. The maximum Gasteiger partial charge on any atom is 0.226 e. The van der Waals surface area contributed by atoms with Crippen molar-refractivity contribution < 1.29 is 0 Å². The van der Waals surface area contributed by atoms with Gasteiger partial charge in [-0.2, -0.15) is 9.97 Å². The van der Waals surface area contributed by atoms with E-state index in [4.69, 9.17) is 38.8 Å². The molecule has 2 heterocycles. The Morgan fingerprint density at radius 3 is 2.55 bits per heavy atom. The number of hydrogen-bond donors (Lipinski definition) is 4. The monoisotopic (exact) mass is 436 g/mol. The molecule has 4 aromatic rings. The van der Waals surface area contributed by atoms with Crippen LogP contribution in [0.3, 0.4) is 0 Å². The number of imidazole rings is 1. The molecular formula is C22H25ClN8. The number of fused-ring (bicyclic) bond motifs is 1. The summed E-state index contributed by atoms with van der Waals surface area (Å²) in [4.78, 5) is 13.8. The van der Waals surface area contributed by atoms with E-state index in [2.05, 4.69) is 22.4 Å². The molecule has 8 nitrogen and oxygen atoms in total. The number of aromatic nitrogens is 4. The molecular weight excluding hydrogens is 412 g/mol. The van der Waals surface area contributed by atoms with Crippen molar-refractivity contribution in [2.45, 2.75) is 25.9 Å². The summed E-state index contributed by atoms with van der Waals surface area (Å²) >= 11 is 6.22. The number of nitrogens with two attached hydrogens (primary N) is 3. The summed E-state index contributed by atoms with van der Waals surface area (Å²) in [7, 11) is 0. The zero-order valence-corrected chi connectivity index (χ0v) is 18.0. The lowest BCUT2D eigenvalue weighted by Crippen LogP contribution is -2.26. The minimum Gasteiger partial charge on any atom is -0.397 e. The highest BCUT2D eigenvalue weighted by atomic mass is 35.5. The van der Waals surface area contributed by atoms with Crippen molar-refractivity contribution in [2.75, 3.05) is 23.3 Å². The Hall–Kier alpha value is -3.36. The molecule has 0 aliphatic carbocycles. The molecule has 0 fully saturated rings. The molecule has 2 aromatic heterocycles. The van der Waals surface area contributed by atoms with Crippen molar-refractivity contribution in [1.29, 1.82) is 0 Å². The highest BCUT2D eigenvalue weighted by Gasteiger charge is 2.18. The van der Waals surface area contributed by atoms with E-state index in [9.17, 15) is 0 Å². The minimum atomic E-state index is -0.0453. The normalized spacial score (nSPS) is 12.2. The molecule has 0 spiro atoms. The third-order valence-corrected chi connectivity index (χ3v) is 5.29. The molecule has 160 valence electrons. The van der Waals surface area contributed by atoms with Gasteiger partial charge in [-0.1, -0.05) is 54.1 Å². The fourth-order valence-corrected chi connectivity index (χ4v) is 3.57. The van der Waals surface area contributed by atoms with E-state index < -0.39 is 0 Å². The average Bonchev–Trinajstić information content (AvgIpc) is 3.08. The van der Waals surface area contributed by atoms with E-state index in [1.54, 1.807) is 6.07 Å². The van der Waals surface area contributed by atoms with Gasteiger partial charge in [0.1, 0.15) is 5.82 Å². The van der Waals surface area contributed by atoms with Crippen molar-refractivity contribution >= 4 is 40.2 Å². The van der Waals surface area contributed by atoms with Gasteiger partial charge in [-0.3, -0.25) is 0 Å². The first-order valence-corrected chi connectivity index (χ1v) is 10.4. The molecule has 1 atom stereocenters. The number of benzene rings is 2. The van der Waals surface area contributed by atoms with Crippen LogP contribution in [0, 0.1) is 0 Å². The van der Waals surface area contributed by atoms with Crippen molar-refractivity contribution in [3.05, 3.63) is 70.5 Å². The molecule has 31 heavy (non-hydrogen) atoms. The highest BCUT2D eigenvalue weighted by molar-refractivity contribution is 6.33. The molecule has 0 radical (unpaired) electrons. The fourth-order valence-electron chi connectivity index (χ4n) is 3.37.